The molecule has 1 aromatic heterocycles. The van der Waals surface area contributed by atoms with Gasteiger partial charge < -0.3 is 5.73 Å². The number of hydrogen-bond acceptors (Lipinski definition) is 2. The molecule has 0 amide bonds. The van der Waals surface area contributed by atoms with Crippen LogP contribution in [0.25, 0.3) is 0 Å². The molecule has 0 aliphatic carbocycles. The van der Waals surface area contributed by atoms with Gasteiger partial charge in [-0.2, -0.15) is 4.39 Å². The quantitative estimate of drug-likeness (QED) is 0.623. The molecule has 0 spiro atoms. The van der Waals surface area contributed by atoms with Gasteiger partial charge in [0.25, 0.3) is 0 Å². The Morgan fingerprint density at radius 3 is 2.73 bits per heavy atom. The molecule has 0 unspecified atom stereocenters. The van der Waals surface area contributed by atoms with Gasteiger partial charge in [0.2, 0.25) is 5.95 Å². The van der Waals surface area contributed by atoms with Crippen LogP contribution in [-0.2, 0) is 0 Å². The Hall–Kier alpha value is -0.960. The molecule has 1 atom stereocenters. The normalized spacial score (nSPS) is 13.1. The number of nitrogens with zero attached hydrogens (tertiary/aromatic N) is 1. The fourth-order valence-corrected chi connectivity index (χ4v) is 0.894. The third-order valence-electron chi connectivity index (χ3n) is 1.49. The third-order valence-corrected chi connectivity index (χ3v) is 1.49. The SMILES string of the molecule is Cc1cnc(F)c([C@H](C)N)c1. The lowest BCUT2D eigenvalue weighted by molar-refractivity contribution is 0.552. The lowest BCUT2D eigenvalue weighted by atomic mass is 10.1. The van der Waals surface area contributed by atoms with Crippen LogP contribution in [-0.4, -0.2) is 4.98 Å². The maximum atomic E-state index is 12.8. The highest BCUT2D eigenvalue weighted by molar-refractivity contribution is 5.20. The van der Waals surface area contributed by atoms with Gasteiger partial charge in [-0.3, -0.25) is 0 Å². The number of nitrogens with two attached hydrogens (primary N) is 1. The van der Waals surface area contributed by atoms with Gasteiger partial charge in [-0.1, -0.05) is 0 Å². The second kappa shape index (κ2) is 2.96. The number of aryl methyl sites for hydroxylation is 1. The smallest absolute Gasteiger partial charge is 0.217 e. The molecular formula is C8H11FN2. The monoisotopic (exact) mass is 154 g/mol. The number of aromatic nitrogens is 1. The Bertz CT molecular complexity index is 258. The van der Waals surface area contributed by atoms with Crippen molar-refractivity contribution in [1.82, 2.24) is 4.98 Å². The van der Waals surface area contributed by atoms with Gasteiger partial charge in [0.15, 0.2) is 0 Å². The first kappa shape index (κ1) is 8.14. The van der Waals surface area contributed by atoms with Gasteiger partial charge in [-0.25, -0.2) is 4.98 Å². The van der Waals surface area contributed by atoms with E-state index in [0.29, 0.717) is 5.56 Å². The van der Waals surface area contributed by atoms with Crippen LogP contribution in [0.15, 0.2) is 12.3 Å². The number of pyridine rings is 1. The van der Waals surface area contributed by atoms with Crippen molar-refractivity contribution in [2.24, 2.45) is 5.73 Å². The molecular weight excluding hydrogens is 143 g/mol. The lowest BCUT2D eigenvalue weighted by Crippen LogP contribution is -2.08. The first-order valence-corrected chi connectivity index (χ1v) is 3.49. The fraction of sp³-hybridized carbons (Fsp3) is 0.375. The van der Waals surface area contributed by atoms with Crippen LogP contribution >= 0.6 is 0 Å². The van der Waals surface area contributed by atoms with Crippen LogP contribution in [0.3, 0.4) is 0 Å². The van der Waals surface area contributed by atoms with Crippen LogP contribution in [0.1, 0.15) is 24.1 Å². The molecule has 0 aliphatic heterocycles. The molecule has 11 heavy (non-hydrogen) atoms. The Kier molecular flexibility index (Phi) is 2.19. The number of halogens is 1. The molecule has 0 aromatic carbocycles. The second-order valence-electron chi connectivity index (χ2n) is 2.68. The molecule has 1 aromatic rings. The van der Waals surface area contributed by atoms with Gasteiger partial charge in [0.1, 0.15) is 0 Å². The topological polar surface area (TPSA) is 38.9 Å². The Balaban J connectivity index is 3.13. The fourth-order valence-electron chi connectivity index (χ4n) is 0.894. The molecule has 0 radical (unpaired) electrons. The molecule has 3 heteroatoms. The van der Waals surface area contributed by atoms with Crippen molar-refractivity contribution in [2.45, 2.75) is 19.9 Å². The van der Waals surface area contributed by atoms with Gasteiger partial charge >= 0.3 is 0 Å². The molecule has 0 bridgehead atoms. The first-order chi connectivity index (χ1) is 5.11. The lowest BCUT2D eigenvalue weighted by Gasteiger charge is -2.05. The van der Waals surface area contributed by atoms with Gasteiger partial charge in [-0.05, 0) is 25.5 Å². The minimum absolute atomic E-state index is 0.289. The average molecular weight is 154 g/mol. The Morgan fingerprint density at radius 2 is 2.27 bits per heavy atom. The van der Waals surface area contributed by atoms with Crippen LogP contribution < -0.4 is 5.73 Å². The Labute approximate surface area is 65.3 Å². The van der Waals surface area contributed by atoms with Crippen molar-refractivity contribution in [3.05, 3.63) is 29.3 Å². The van der Waals surface area contributed by atoms with Crippen LogP contribution in [0, 0.1) is 12.9 Å². The highest BCUT2D eigenvalue weighted by Gasteiger charge is 2.06. The largest absolute Gasteiger partial charge is 0.324 e. The average Bonchev–Trinajstić information content (AvgIpc) is 1.94. The second-order valence-corrected chi connectivity index (χ2v) is 2.68. The van der Waals surface area contributed by atoms with Gasteiger partial charge in [-0.15, -0.1) is 0 Å². The zero-order chi connectivity index (χ0) is 8.43. The van der Waals surface area contributed by atoms with E-state index >= 15 is 0 Å². The van der Waals surface area contributed by atoms with E-state index in [1.54, 1.807) is 13.0 Å². The predicted octanol–water partition coefficient (Wildman–Crippen LogP) is 1.55. The van der Waals surface area contributed by atoms with Crippen molar-refractivity contribution in [3.8, 4) is 0 Å². The summed E-state index contributed by atoms with van der Waals surface area (Å²) in [5.41, 5.74) is 6.91. The summed E-state index contributed by atoms with van der Waals surface area (Å²) in [5.74, 6) is -0.467. The predicted molar refractivity (Wildman–Crippen MR) is 41.5 cm³/mol. The molecule has 60 valence electrons. The van der Waals surface area contributed by atoms with Crippen molar-refractivity contribution in [2.75, 3.05) is 0 Å². The minimum Gasteiger partial charge on any atom is -0.324 e. The molecule has 2 N–H and O–H groups in total. The van der Waals surface area contributed by atoms with E-state index in [-0.39, 0.29) is 6.04 Å². The molecule has 1 rings (SSSR count). The van der Waals surface area contributed by atoms with E-state index in [2.05, 4.69) is 4.98 Å². The van der Waals surface area contributed by atoms with Crippen molar-refractivity contribution >= 4 is 0 Å². The molecule has 0 fully saturated rings. The van der Waals surface area contributed by atoms with E-state index in [0.717, 1.165) is 5.56 Å². The summed E-state index contributed by atoms with van der Waals surface area (Å²) in [5, 5.41) is 0. The van der Waals surface area contributed by atoms with Crippen molar-refractivity contribution in [1.29, 1.82) is 0 Å². The molecule has 2 nitrogen and oxygen atoms in total. The van der Waals surface area contributed by atoms with Crippen molar-refractivity contribution in [3.63, 3.8) is 0 Å². The van der Waals surface area contributed by atoms with E-state index in [1.807, 2.05) is 6.92 Å². The number of hydrogen-bond donors (Lipinski definition) is 1. The summed E-state index contributed by atoms with van der Waals surface area (Å²) in [6, 6.07) is 1.43. The van der Waals surface area contributed by atoms with Crippen LogP contribution in [0.2, 0.25) is 0 Å². The maximum Gasteiger partial charge on any atom is 0.217 e. The zero-order valence-electron chi connectivity index (χ0n) is 6.63. The summed E-state index contributed by atoms with van der Waals surface area (Å²) in [7, 11) is 0. The van der Waals surface area contributed by atoms with Crippen LogP contribution in [0.4, 0.5) is 4.39 Å². The van der Waals surface area contributed by atoms with Gasteiger partial charge in [0.05, 0.1) is 0 Å². The van der Waals surface area contributed by atoms with Crippen LogP contribution in [0.5, 0.6) is 0 Å². The molecule has 1 heterocycles. The Morgan fingerprint density at radius 1 is 1.64 bits per heavy atom. The van der Waals surface area contributed by atoms with Gasteiger partial charge in [0, 0.05) is 17.8 Å². The summed E-state index contributed by atoms with van der Waals surface area (Å²) < 4.78 is 12.8. The molecule has 0 saturated heterocycles. The summed E-state index contributed by atoms with van der Waals surface area (Å²) >= 11 is 0. The van der Waals surface area contributed by atoms with E-state index in [9.17, 15) is 4.39 Å². The van der Waals surface area contributed by atoms with E-state index in [4.69, 9.17) is 5.73 Å². The summed E-state index contributed by atoms with van der Waals surface area (Å²) in [4.78, 5) is 3.55. The maximum absolute atomic E-state index is 12.8. The highest BCUT2D eigenvalue weighted by Crippen LogP contribution is 2.13. The first-order valence-electron chi connectivity index (χ1n) is 3.49. The standard InChI is InChI=1S/C8H11FN2/c1-5-3-7(6(2)10)8(9)11-4-5/h3-4,6H,10H2,1-2H3/t6-/m0/s1. The van der Waals surface area contributed by atoms with E-state index < -0.39 is 5.95 Å². The third kappa shape index (κ3) is 1.74. The molecule has 0 saturated carbocycles. The molecule has 0 aliphatic rings. The van der Waals surface area contributed by atoms with E-state index in [1.165, 1.54) is 6.20 Å². The zero-order valence-corrected chi connectivity index (χ0v) is 6.63. The van der Waals surface area contributed by atoms with Crippen molar-refractivity contribution < 1.29 is 4.39 Å². The number of rotatable bonds is 1. The minimum atomic E-state index is -0.467. The summed E-state index contributed by atoms with van der Waals surface area (Å²) in [6.07, 6.45) is 1.49. The summed E-state index contributed by atoms with van der Waals surface area (Å²) in [6.45, 7) is 3.60. The highest BCUT2D eigenvalue weighted by atomic mass is 19.1.